The lowest BCUT2D eigenvalue weighted by atomic mass is 10.2. The van der Waals surface area contributed by atoms with Crippen LogP contribution in [-0.4, -0.2) is 35.5 Å². The third kappa shape index (κ3) is 3.04. The summed E-state index contributed by atoms with van der Waals surface area (Å²) in [5.74, 6) is 0.965. The van der Waals surface area contributed by atoms with Crippen molar-refractivity contribution in [3.63, 3.8) is 0 Å². The van der Waals surface area contributed by atoms with Gasteiger partial charge in [0.1, 0.15) is 0 Å². The molecule has 1 aromatic heterocycles. The van der Waals surface area contributed by atoms with Gasteiger partial charge in [-0.3, -0.25) is 10.2 Å². The van der Waals surface area contributed by atoms with Gasteiger partial charge in [-0.05, 0) is 37.4 Å². The maximum atomic E-state index is 12.6. The van der Waals surface area contributed by atoms with Crippen LogP contribution >= 0.6 is 24.4 Å². The molecule has 0 spiro atoms. The van der Waals surface area contributed by atoms with Crippen molar-refractivity contribution in [2.45, 2.75) is 6.92 Å². The van der Waals surface area contributed by atoms with Crippen LogP contribution in [0, 0.1) is 4.77 Å². The number of nitrogens with zero attached hydrogens (tertiary/aromatic N) is 1. The number of thiocarbonyl (C=S) groups is 1. The molecule has 0 unspecified atom stereocenters. The van der Waals surface area contributed by atoms with Gasteiger partial charge in [0.2, 0.25) is 0 Å². The van der Waals surface area contributed by atoms with Crippen molar-refractivity contribution in [1.29, 1.82) is 0 Å². The van der Waals surface area contributed by atoms with Crippen LogP contribution in [0.25, 0.3) is 10.9 Å². The van der Waals surface area contributed by atoms with Gasteiger partial charge in [0.15, 0.2) is 21.4 Å². The summed E-state index contributed by atoms with van der Waals surface area (Å²) in [7, 11) is 3.03. The summed E-state index contributed by atoms with van der Waals surface area (Å²) in [4.78, 5) is 15.6. The van der Waals surface area contributed by atoms with Gasteiger partial charge in [0, 0.05) is 12.6 Å². The Morgan fingerprint density at radius 3 is 2.55 bits per heavy atom. The molecule has 0 amide bonds. The van der Waals surface area contributed by atoms with E-state index in [2.05, 4.69) is 15.7 Å². The third-order valence-corrected chi connectivity index (χ3v) is 3.47. The number of aromatic nitrogens is 2. The molecule has 0 atom stereocenters. The number of H-pyrrole nitrogens is 1. The van der Waals surface area contributed by atoms with E-state index in [0.717, 1.165) is 0 Å². The number of hydrogen-bond donors (Lipinski definition) is 3. The van der Waals surface area contributed by atoms with Crippen LogP contribution in [0.5, 0.6) is 11.5 Å². The second-order valence-corrected chi connectivity index (χ2v) is 5.09. The van der Waals surface area contributed by atoms with Gasteiger partial charge >= 0.3 is 0 Å². The first-order chi connectivity index (χ1) is 10.5. The fourth-order valence-electron chi connectivity index (χ4n) is 1.95. The van der Waals surface area contributed by atoms with E-state index in [-0.39, 0.29) is 10.3 Å². The Bertz CT molecular complexity index is 828. The molecule has 3 N–H and O–H groups in total. The van der Waals surface area contributed by atoms with E-state index < -0.39 is 0 Å². The van der Waals surface area contributed by atoms with Crippen molar-refractivity contribution in [2.24, 2.45) is 0 Å². The molecule has 0 radical (unpaired) electrons. The maximum absolute atomic E-state index is 12.6. The van der Waals surface area contributed by atoms with Gasteiger partial charge in [-0.15, -0.1) is 0 Å². The van der Waals surface area contributed by atoms with Crippen molar-refractivity contribution >= 4 is 40.5 Å². The highest BCUT2D eigenvalue weighted by molar-refractivity contribution is 7.80. The second kappa shape index (κ2) is 6.75. The minimum absolute atomic E-state index is 0.199. The molecule has 1 aromatic carbocycles. The molecule has 0 bridgehead atoms. The van der Waals surface area contributed by atoms with Gasteiger partial charge in [-0.2, -0.15) is 4.68 Å². The van der Waals surface area contributed by atoms with Gasteiger partial charge < -0.3 is 19.8 Å². The number of benzene rings is 1. The molecular formula is C13H16N4O3S2. The van der Waals surface area contributed by atoms with Crippen LogP contribution in [0.2, 0.25) is 0 Å². The van der Waals surface area contributed by atoms with Crippen molar-refractivity contribution < 1.29 is 9.47 Å². The zero-order chi connectivity index (χ0) is 16.3. The Labute approximate surface area is 137 Å². The fraction of sp³-hybridized carbons (Fsp3) is 0.308. The number of nitrogens with one attached hydrogen (secondary N) is 3. The average Bonchev–Trinajstić information content (AvgIpc) is 2.50. The normalized spacial score (nSPS) is 10.3. The molecule has 0 fully saturated rings. The molecule has 0 saturated heterocycles. The Morgan fingerprint density at radius 2 is 1.95 bits per heavy atom. The predicted molar refractivity (Wildman–Crippen MR) is 92.1 cm³/mol. The standard InChI is InChI=1S/C13H16N4O3S2/c1-4-14-12(21)16-17-11(18)7-5-9(19-2)10(20-3)6-8(7)15-13(17)22/h5-6H,4H2,1-3H3,(H,15,22)(H2,14,16,21). The molecular weight excluding hydrogens is 324 g/mol. The highest BCUT2D eigenvalue weighted by Crippen LogP contribution is 2.29. The Hall–Kier alpha value is -2.13. The average molecular weight is 340 g/mol. The fourth-order valence-corrected chi connectivity index (χ4v) is 2.42. The molecule has 2 rings (SSSR count). The predicted octanol–water partition coefficient (Wildman–Crippen LogP) is 1.51. The number of rotatable bonds is 4. The molecule has 1 heterocycles. The number of aromatic amines is 1. The lowest BCUT2D eigenvalue weighted by Gasteiger charge is -2.13. The van der Waals surface area contributed by atoms with Crippen LogP contribution in [-0.2, 0) is 0 Å². The number of ether oxygens (including phenoxy) is 2. The topological polar surface area (TPSA) is 80.3 Å². The van der Waals surface area contributed by atoms with E-state index in [9.17, 15) is 4.79 Å². The first-order valence-corrected chi connectivity index (χ1v) is 7.29. The summed E-state index contributed by atoms with van der Waals surface area (Å²) in [6.45, 7) is 2.53. The van der Waals surface area contributed by atoms with Gasteiger partial charge in [0.25, 0.3) is 5.56 Å². The zero-order valence-electron chi connectivity index (χ0n) is 12.4. The Balaban J connectivity index is 2.64. The van der Waals surface area contributed by atoms with Crippen LogP contribution in [0.15, 0.2) is 16.9 Å². The molecule has 22 heavy (non-hydrogen) atoms. The number of hydrogen-bond acceptors (Lipinski definition) is 5. The van der Waals surface area contributed by atoms with E-state index in [0.29, 0.717) is 34.1 Å². The van der Waals surface area contributed by atoms with E-state index in [1.54, 1.807) is 12.1 Å². The van der Waals surface area contributed by atoms with E-state index in [4.69, 9.17) is 33.9 Å². The monoisotopic (exact) mass is 340 g/mol. The molecule has 2 aromatic rings. The Morgan fingerprint density at radius 1 is 1.32 bits per heavy atom. The Kier molecular flexibility index (Phi) is 4.99. The third-order valence-electron chi connectivity index (χ3n) is 2.95. The lowest BCUT2D eigenvalue weighted by Crippen LogP contribution is -2.39. The quantitative estimate of drug-likeness (QED) is 0.728. The van der Waals surface area contributed by atoms with Crippen LogP contribution in [0.4, 0.5) is 0 Å². The lowest BCUT2D eigenvalue weighted by molar-refractivity contribution is 0.355. The minimum atomic E-state index is -0.333. The summed E-state index contributed by atoms with van der Waals surface area (Å²) >= 11 is 10.3. The van der Waals surface area contributed by atoms with Crippen molar-refractivity contribution in [3.8, 4) is 11.5 Å². The highest BCUT2D eigenvalue weighted by Gasteiger charge is 2.12. The van der Waals surface area contributed by atoms with Crippen molar-refractivity contribution in [1.82, 2.24) is 15.0 Å². The van der Waals surface area contributed by atoms with Crippen molar-refractivity contribution in [3.05, 3.63) is 27.3 Å². The van der Waals surface area contributed by atoms with E-state index >= 15 is 0 Å². The molecule has 0 aliphatic rings. The minimum Gasteiger partial charge on any atom is -0.493 e. The smallest absolute Gasteiger partial charge is 0.281 e. The van der Waals surface area contributed by atoms with Crippen LogP contribution in [0.3, 0.4) is 0 Å². The van der Waals surface area contributed by atoms with Gasteiger partial charge in [-0.1, -0.05) is 0 Å². The summed E-state index contributed by atoms with van der Waals surface area (Å²) in [6, 6.07) is 3.26. The zero-order valence-corrected chi connectivity index (χ0v) is 14.0. The van der Waals surface area contributed by atoms with Crippen molar-refractivity contribution in [2.75, 3.05) is 26.2 Å². The molecule has 0 aliphatic heterocycles. The first kappa shape index (κ1) is 16.2. The molecule has 7 nitrogen and oxygen atoms in total. The molecule has 118 valence electrons. The maximum Gasteiger partial charge on any atom is 0.281 e. The molecule has 0 aliphatic carbocycles. The van der Waals surface area contributed by atoms with Crippen LogP contribution < -0.4 is 25.8 Å². The molecule has 0 saturated carbocycles. The number of fused-ring (bicyclic) bond motifs is 1. The van der Waals surface area contributed by atoms with Gasteiger partial charge in [-0.25, -0.2) is 0 Å². The van der Waals surface area contributed by atoms with Gasteiger partial charge in [0.05, 0.1) is 25.1 Å². The highest BCUT2D eigenvalue weighted by atomic mass is 32.1. The SMILES string of the molecule is CCNC(=S)Nn1c(=S)[nH]c2cc(OC)c(OC)cc2c1=O. The largest absolute Gasteiger partial charge is 0.493 e. The second-order valence-electron chi connectivity index (χ2n) is 4.29. The summed E-state index contributed by atoms with van der Waals surface area (Å²) in [5, 5.41) is 3.60. The van der Waals surface area contributed by atoms with E-state index in [1.807, 2.05) is 6.92 Å². The summed E-state index contributed by atoms with van der Waals surface area (Å²) in [5.41, 5.74) is 2.98. The van der Waals surface area contributed by atoms with E-state index in [1.165, 1.54) is 18.9 Å². The molecule has 9 heteroatoms. The summed E-state index contributed by atoms with van der Waals surface area (Å²) in [6.07, 6.45) is 0. The summed E-state index contributed by atoms with van der Waals surface area (Å²) < 4.78 is 11.8. The first-order valence-electron chi connectivity index (χ1n) is 6.47. The number of methoxy groups -OCH3 is 2. The van der Waals surface area contributed by atoms with Crippen LogP contribution in [0.1, 0.15) is 6.92 Å².